The van der Waals surface area contributed by atoms with Gasteiger partial charge in [-0.2, -0.15) is 0 Å². The van der Waals surface area contributed by atoms with Gasteiger partial charge in [-0.3, -0.25) is 4.99 Å². The standard InChI is InChI=1S/C20H27N3O5/c1-21-20(23-14-8-10-15(24-2)17(11-14)26-4)22-12-13-7-9-16(25-3)19(28-6)18(13)27-5/h7-11H,12H2,1-6H3,(H2,21,22,23). The highest BCUT2D eigenvalue weighted by Crippen LogP contribution is 2.39. The first-order valence-corrected chi connectivity index (χ1v) is 8.59. The predicted molar refractivity (Wildman–Crippen MR) is 109 cm³/mol. The Morgan fingerprint density at radius 3 is 2.00 bits per heavy atom. The molecule has 0 bridgehead atoms. The maximum absolute atomic E-state index is 5.51. The first-order chi connectivity index (χ1) is 13.6. The number of aliphatic imine (C=N–C) groups is 1. The number of anilines is 1. The fraction of sp³-hybridized carbons (Fsp3) is 0.350. The van der Waals surface area contributed by atoms with Crippen LogP contribution in [0.25, 0.3) is 0 Å². The Morgan fingerprint density at radius 1 is 0.786 bits per heavy atom. The molecule has 0 atom stereocenters. The average molecular weight is 389 g/mol. The van der Waals surface area contributed by atoms with Crippen LogP contribution in [0.15, 0.2) is 35.3 Å². The summed E-state index contributed by atoms with van der Waals surface area (Å²) in [6.45, 7) is 0.469. The molecule has 28 heavy (non-hydrogen) atoms. The number of hydrogen-bond acceptors (Lipinski definition) is 6. The van der Waals surface area contributed by atoms with Crippen LogP contribution in [0.4, 0.5) is 5.69 Å². The Hall–Kier alpha value is -3.29. The first-order valence-electron chi connectivity index (χ1n) is 8.59. The molecule has 0 spiro atoms. The summed E-state index contributed by atoms with van der Waals surface area (Å²) < 4.78 is 26.8. The molecule has 0 unspecified atom stereocenters. The lowest BCUT2D eigenvalue weighted by Crippen LogP contribution is -2.30. The molecular weight excluding hydrogens is 362 g/mol. The smallest absolute Gasteiger partial charge is 0.203 e. The SMILES string of the molecule is CN=C(NCc1ccc(OC)c(OC)c1OC)Nc1ccc(OC)c(OC)c1. The fourth-order valence-corrected chi connectivity index (χ4v) is 2.71. The van der Waals surface area contributed by atoms with Gasteiger partial charge in [0, 0.05) is 30.9 Å². The second kappa shape index (κ2) is 10.1. The Kier molecular flexibility index (Phi) is 7.62. The molecule has 2 N–H and O–H groups in total. The molecule has 2 rings (SSSR count). The third-order valence-electron chi connectivity index (χ3n) is 4.10. The second-order valence-electron chi connectivity index (χ2n) is 5.61. The second-order valence-corrected chi connectivity index (χ2v) is 5.61. The monoisotopic (exact) mass is 389 g/mol. The Labute approximate surface area is 165 Å². The molecular formula is C20H27N3O5. The zero-order chi connectivity index (χ0) is 20.5. The highest BCUT2D eigenvalue weighted by atomic mass is 16.5. The van der Waals surface area contributed by atoms with E-state index in [4.69, 9.17) is 23.7 Å². The maximum Gasteiger partial charge on any atom is 0.203 e. The predicted octanol–water partition coefficient (Wildman–Crippen LogP) is 2.92. The van der Waals surface area contributed by atoms with Gasteiger partial charge in [0.25, 0.3) is 0 Å². The normalized spacial score (nSPS) is 10.9. The average Bonchev–Trinajstić information content (AvgIpc) is 2.75. The number of nitrogens with one attached hydrogen (secondary N) is 2. The van der Waals surface area contributed by atoms with Crippen LogP contribution in [0.3, 0.4) is 0 Å². The van der Waals surface area contributed by atoms with Gasteiger partial charge in [-0.05, 0) is 24.3 Å². The molecule has 0 saturated heterocycles. The summed E-state index contributed by atoms with van der Waals surface area (Å²) >= 11 is 0. The summed E-state index contributed by atoms with van der Waals surface area (Å²) in [7, 11) is 9.65. The van der Waals surface area contributed by atoms with E-state index in [-0.39, 0.29) is 0 Å². The summed E-state index contributed by atoms with van der Waals surface area (Å²) in [4.78, 5) is 4.25. The molecule has 152 valence electrons. The molecule has 0 heterocycles. The van der Waals surface area contributed by atoms with E-state index in [2.05, 4.69) is 15.6 Å². The molecule has 0 radical (unpaired) electrons. The van der Waals surface area contributed by atoms with Crippen LogP contribution >= 0.6 is 0 Å². The van der Waals surface area contributed by atoms with Crippen LogP contribution in [0.5, 0.6) is 28.7 Å². The molecule has 0 aromatic heterocycles. The quantitative estimate of drug-likeness (QED) is 0.531. The number of methoxy groups -OCH3 is 5. The van der Waals surface area contributed by atoms with Crippen molar-refractivity contribution in [2.75, 3.05) is 47.9 Å². The molecule has 0 aliphatic heterocycles. The topological polar surface area (TPSA) is 82.6 Å². The lowest BCUT2D eigenvalue weighted by Gasteiger charge is -2.17. The Morgan fingerprint density at radius 2 is 1.43 bits per heavy atom. The van der Waals surface area contributed by atoms with Gasteiger partial charge in [-0.1, -0.05) is 0 Å². The van der Waals surface area contributed by atoms with Crippen molar-refractivity contribution in [3.05, 3.63) is 35.9 Å². The number of ether oxygens (including phenoxy) is 5. The van der Waals surface area contributed by atoms with E-state index < -0.39 is 0 Å². The molecule has 2 aromatic carbocycles. The number of guanidine groups is 1. The van der Waals surface area contributed by atoms with Gasteiger partial charge in [0.1, 0.15) is 0 Å². The Balaban J connectivity index is 2.15. The molecule has 2 aromatic rings. The van der Waals surface area contributed by atoms with Crippen LogP contribution in [0, 0.1) is 0 Å². The summed E-state index contributed by atoms with van der Waals surface area (Å²) in [6.07, 6.45) is 0. The van der Waals surface area contributed by atoms with Gasteiger partial charge in [-0.25, -0.2) is 0 Å². The minimum atomic E-state index is 0.469. The van der Waals surface area contributed by atoms with E-state index >= 15 is 0 Å². The zero-order valence-electron chi connectivity index (χ0n) is 17.1. The van der Waals surface area contributed by atoms with Crippen LogP contribution < -0.4 is 34.3 Å². The lowest BCUT2D eigenvalue weighted by atomic mass is 10.1. The molecule has 0 aliphatic rings. The lowest BCUT2D eigenvalue weighted by molar-refractivity contribution is 0.322. The van der Waals surface area contributed by atoms with Crippen molar-refractivity contribution in [1.82, 2.24) is 5.32 Å². The van der Waals surface area contributed by atoms with Crippen molar-refractivity contribution in [1.29, 1.82) is 0 Å². The van der Waals surface area contributed by atoms with Gasteiger partial charge in [-0.15, -0.1) is 0 Å². The zero-order valence-corrected chi connectivity index (χ0v) is 17.1. The van der Waals surface area contributed by atoms with E-state index in [1.807, 2.05) is 30.3 Å². The summed E-state index contributed by atoms with van der Waals surface area (Å²) in [5, 5.41) is 6.47. The minimum Gasteiger partial charge on any atom is -0.493 e. The van der Waals surface area contributed by atoms with Crippen molar-refractivity contribution in [3.63, 3.8) is 0 Å². The molecule has 8 nitrogen and oxygen atoms in total. The summed E-state index contributed by atoms with van der Waals surface area (Å²) in [5.41, 5.74) is 1.71. The van der Waals surface area contributed by atoms with Crippen LogP contribution in [-0.2, 0) is 6.54 Å². The molecule has 0 fully saturated rings. The molecule has 0 amide bonds. The largest absolute Gasteiger partial charge is 0.493 e. The number of nitrogens with zero attached hydrogens (tertiary/aromatic N) is 1. The highest BCUT2D eigenvalue weighted by Gasteiger charge is 2.16. The fourth-order valence-electron chi connectivity index (χ4n) is 2.71. The Bertz CT molecular complexity index is 824. The van der Waals surface area contributed by atoms with Crippen molar-refractivity contribution in [2.45, 2.75) is 6.54 Å². The van der Waals surface area contributed by atoms with E-state index in [1.54, 1.807) is 42.6 Å². The van der Waals surface area contributed by atoms with Gasteiger partial charge in [0.15, 0.2) is 29.0 Å². The summed E-state index contributed by atoms with van der Waals surface area (Å²) in [6, 6.07) is 9.29. The van der Waals surface area contributed by atoms with E-state index in [1.165, 1.54) is 0 Å². The maximum atomic E-state index is 5.51. The van der Waals surface area contributed by atoms with Crippen molar-refractivity contribution in [3.8, 4) is 28.7 Å². The van der Waals surface area contributed by atoms with Gasteiger partial charge >= 0.3 is 0 Å². The summed E-state index contributed by atoms with van der Waals surface area (Å²) in [5.74, 6) is 3.64. The third kappa shape index (κ3) is 4.70. The number of rotatable bonds is 8. The van der Waals surface area contributed by atoms with Crippen LogP contribution in [0.2, 0.25) is 0 Å². The van der Waals surface area contributed by atoms with Crippen molar-refractivity contribution < 1.29 is 23.7 Å². The molecule has 8 heteroatoms. The van der Waals surface area contributed by atoms with Crippen molar-refractivity contribution >= 4 is 11.6 Å². The highest BCUT2D eigenvalue weighted by molar-refractivity contribution is 5.93. The van der Waals surface area contributed by atoms with Crippen LogP contribution in [0.1, 0.15) is 5.56 Å². The van der Waals surface area contributed by atoms with Gasteiger partial charge < -0.3 is 34.3 Å². The van der Waals surface area contributed by atoms with Gasteiger partial charge in [0.2, 0.25) is 5.75 Å². The number of hydrogen-bond donors (Lipinski definition) is 2. The molecule has 0 saturated carbocycles. The van der Waals surface area contributed by atoms with Gasteiger partial charge in [0.05, 0.1) is 35.5 Å². The number of benzene rings is 2. The first kappa shape index (κ1) is 21.0. The van der Waals surface area contributed by atoms with E-state index in [0.29, 0.717) is 41.3 Å². The molecule has 0 aliphatic carbocycles. The van der Waals surface area contributed by atoms with E-state index in [0.717, 1.165) is 11.3 Å². The van der Waals surface area contributed by atoms with Crippen LogP contribution in [-0.4, -0.2) is 48.6 Å². The third-order valence-corrected chi connectivity index (χ3v) is 4.10. The van der Waals surface area contributed by atoms with Crippen molar-refractivity contribution in [2.24, 2.45) is 4.99 Å². The van der Waals surface area contributed by atoms with E-state index in [9.17, 15) is 0 Å². The minimum absolute atomic E-state index is 0.469.